The Morgan fingerprint density at radius 3 is 2.73 bits per heavy atom. The number of benzene rings is 2. The predicted octanol–water partition coefficient (Wildman–Crippen LogP) is 4.42. The summed E-state index contributed by atoms with van der Waals surface area (Å²) in [6.45, 7) is 0. The fourth-order valence-corrected chi connectivity index (χ4v) is 3.01. The summed E-state index contributed by atoms with van der Waals surface area (Å²) in [7, 11) is 1.55. The van der Waals surface area contributed by atoms with Gasteiger partial charge in [0.25, 0.3) is 5.69 Å². The van der Waals surface area contributed by atoms with E-state index in [2.05, 4.69) is 0 Å². The lowest BCUT2D eigenvalue weighted by molar-refractivity contribution is -0.384. The number of rotatable bonds is 5. The molecule has 0 spiro atoms. The summed E-state index contributed by atoms with van der Waals surface area (Å²) in [6, 6.07) is 11.7. The molecule has 0 fully saturated rings. The highest BCUT2D eigenvalue weighted by molar-refractivity contribution is 7.98. The van der Waals surface area contributed by atoms with Crippen LogP contribution in [0.1, 0.15) is 11.1 Å². The quantitative estimate of drug-likeness (QED) is 0.459. The fraction of sp³-hybridized carbons (Fsp3) is 0.133. The van der Waals surface area contributed by atoms with Crippen molar-refractivity contribution in [3.63, 3.8) is 0 Å². The molecule has 0 atom stereocenters. The van der Waals surface area contributed by atoms with Gasteiger partial charge in [-0.2, -0.15) is 5.26 Å². The van der Waals surface area contributed by atoms with Crippen molar-refractivity contribution in [2.75, 3.05) is 7.11 Å². The lowest BCUT2D eigenvalue weighted by atomic mass is 10.2. The number of nitrogens with zero attached hydrogens (tertiary/aromatic N) is 2. The van der Waals surface area contributed by atoms with Gasteiger partial charge in [0.2, 0.25) is 0 Å². The standard InChI is InChI=1S/C15H11ClN2O3S/c1-21-14-4-2-10(6-13(14)16)9-22-15-5-3-12(18(19)20)7-11(15)8-17/h2-7H,9H2,1H3. The Kier molecular flexibility index (Phi) is 5.26. The molecule has 112 valence electrons. The molecule has 22 heavy (non-hydrogen) atoms. The summed E-state index contributed by atoms with van der Waals surface area (Å²) >= 11 is 7.49. The molecule has 2 rings (SSSR count). The van der Waals surface area contributed by atoms with Crippen LogP contribution in [0.2, 0.25) is 5.02 Å². The highest BCUT2D eigenvalue weighted by atomic mass is 35.5. The van der Waals surface area contributed by atoms with Crippen LogP contribution in [0.3, 0.4) is 0 Å². The van der Waals surface area contributed by atoms with E-state index in [1.54, 1.807) is 25.3 Å². The van der Waals surface area contributed by atoms with Crippen LogP contribution in [0.25, 0.3) is 0 Å². The molecule has 0 aromatic heterocycles. The van der Waals surface area contributed by atoms with E-state index in [9.17, 15) is 10.1 Å². The highest BCUT2D eigenvalue weighted by Crippen LogP contribution is 2.31. The van der Waals surface area contributed by atoms with Crippen molar-refractivity contribution < 1.29 is 9.66 Å². The zero-order valence-corrected chi connectivity index (χ0v) is 13.1. The topological polar surface area (TPSA) is 76.2 Å². The van der Waals surface area contributed by atoms with Gasteiger partial charge in [0.1, 0.15) is 11.8 Å². The summed E-state index contributed by atoms with van der Waals surface area (Å²) < 4.78 is 5.09. The number of methoxy groups -OCH3 is 1. The lowest BCUT2D eigenvalue weighted by Gasteiger charge is -2.07. The Bertz CT molecular complexity index is 759. The number of thioether (sulfide) groups is 1. The zero-order chi connectivity index (χ0) is 16.1. The molecule has 2 aromatic carbocycles. The molecule has 0 saturated heterocycles. The molecule has 2 aromatic rings. The molecule has 0 radical (unpaired) electrons. The van der Waals surface area contributed by atoms with Crippen molar-refractivity contribution >= 4 is 29.1 Å². The molecule has 0 heterocycles. The lowest BCUT2D eigenvalue weighted by Crippen LogP contribution is -1.91. The Morgan fingerprint density at radius 1 is 1.36 bits per heavy atom. The van der Waals surface area contributed by atoms with Gasteiger partial charge in [0.05, 0.1) is 22.6 Å². The first-order valence-corrected chi connectivity index (χ1v) is 7.55. The van der Waals surface area contributed by atoms with Gasteiger partial charge in [0, 0.05) is 22.8 Å². The zero-order valence-electron chi connectivity index (χ0n) is 11.6. The van der Waals surface area contributed by atoms with E-state index in [0.717, 1.165) is 5.56 Å². The van der Waals surface area contributed by atoms with Crippen molar-refractivity contribution in [2.45, 2.75) is 10.6 Å². The second-order valence-corrected chi connectivity index (χ2v) is 5.73. The van der Waals surface area contributed by atoms with Crippen molar-refractivity contribution in [1.82, 2.24) is 0 Å². The Hall–Kier alpha value is -2.23. The first-order chi connectivity index (χ1) is 10.5. The third kappa shape index (κ3) is 3.70. The third-order valence-corrected chi connectivity index (χ3v) is 4.35. The van der Waals surface area contributed by atoms with Crippen LogP contribution in [0.4, 0.5) is 5.69 Å². The van der Waals surface area contributed by atoms with E-state index in [-0.39, 0.29) is 5.69 Å². The van der Waals surface area contributed by atoms with E-state index >= 15 is 0 Å². The van der Waals surface area contributed by atoms with Gasteiger partial charge in [0.15, 0.2) is 0 Å². The van der Waals surface area contributed by atoms with E-state index in [0.29, 0.717) is 27.0 Å². The normalized spacial score (nSPS) is 10.0. The summed E-state index contributed by atoms with van der Waals surface area (Å²) in [6.07, 6.45) is 0. The second kappa shape index (κ2) is 7.16. The van der Waals surface area contributed by atoms with E-state index in [1.165, 1.54) is 23.9 Å². The minimum Gasteiger partial charge on any atom is -0.495 e. The van der Waals surface area contributed by atoms with Crippen LogP contribution < -0.4 is 4.74 Å². The number of nitro benzene ring substituents is 1. The number of non-ortho nitro benzene ring substituents is 1. The van der Waals surface area contributed by atoms with Crippen LogP contribution in [0.5, 0.6) is 5.75 Å². The van der Waals surface area contributed by atoms with E-state index in [4.69, 9.17) is 21.6 Å². The average molecular weight is 335 g/mol. The molecule has 0 aliphatic carbocycles. The third-order valence-electron chi connectivity index (χ3n) is 2.90. The number of nitriles is 1. The average Bonchev–Trinajstić information content (AvgIpc) is 2.52. The number of ether oxygens (including phenoxy) is 1. The number of halogens is 1. The molecule has 0 N–H and O–H groups in total. The van der Waals surface area contributed by atoms with Crippen molar-refractivity contribution in [3.8, 4) is 11.8 Å². The van der Waals surface area contributed by atoms with Gasteiger partial charge in [-0.15, -0.1) is 11.8 Å². The largest absolute Gasteiger partial charge is 0.495 e. The summed E-state index contributed by atoms with van der Waals surface area (Å²) in [4.78, 5) is 10.9. The smallest absolute Gasteiger partial charge is 0.270 e. The monoisotopic (exact) mass is 334 g/mol. The van der Waals surface area contributed by atoms with Crippen LogP contribution in [0.15, 0.2) is 41.3 Å². The second-order valence-electron chi connectivity index (χ2n) is 4.31. The molecule has 0 unspecified atom stereocenters. The predicted molar refractivity (Wildman–Crippen MR) is 85.4 cm³/mol. The molecular formula is C15H11ClN2O3S. The first-order valence-electron chi connectivity index (χ1n) is 6.19. The minimum atomic E-state index is -0.515. The molecule has 0 bridgehead atoms. The molecule has 7 heteroatoms. The van der Waals surface area contributed by atoms with E-state index < -0.39 is 4.92 Å². The number of hydrogen-bond donors (Lipinski definition) is 0. The molecule has 0 aliphatic rings. The van der Waals surface area contributed by atoms with Crippen LogP contribution in [-0.2, 0) is 5.75 Å². The SMILES string of the molecule is COc1ccc(CSc2ccc([N+](=O)[O-])cc2C#N)cc1Cl. The molecule has 5 nitrogen and oxygen atoms in total. The van der Waals surface area contributed by atoms with Crippen LogP contribution >= 0.6 is 23.4 Å². The Balaban J connectivity index is 2.16. The summed E-state index contributed by atoms with van der Waals surface area (Å²) in [5.41, 5.74) is 1.17. The van der Waals surface area contributed by atoms with Gasteiger partial charge in [-0.3, -0.25) is 10.1 Å². The van der Waals surface area contributed by atoms with Crippen molar-refractivity contribution in [1.29, 1.82) is 5.26 Å². The van der Waals surface area contributed by atoms with Gasteiger partial charge >= 0.3 is 0 Å². The maximum absolute atomic E-state index is 10.7. The molecule has 0 amide bonds. The van der Waals surface area contributed by atoms with Crippen LogP contribution in [-0.4, -0.2) is 12.0 Å². The van der Waals surface area contributed by atoms with Crippen molar-refractivity contribution in [2.24, 2.45) is 0 Å². The number of hydrogen-bond acceptors (Lipinski definition) is 5. The number of nitro groups is 1. The van der Waals surface area contributed by atoms with Gasteiger partial charge in [-0.05, 0) is 23.8 Å². The van der Waals surface area contributed by atoms with Crippen molar-refractivity contribution in [3.05, 3.63) is 62.7 Å². The van der Waals surface area contributed by atoms with Gasteiger partial charge < -0.3 is 4.74 Å². The van der Waals surface area contributed by atoms with Crippen LogP contribution in [0, 0.1) is 21.4 Å². The Morgan fingerprint density at radius 2 is 2.14 bits per heavy atom. The van der Waals surface area contributed by atoms with E-state index in [1.807, 2.05) is 12.1 Å². The minimum absolute atomic E-state index is 0.0895. The summed E-state index contributed by atoms with van der Waals surface area (Å²) in [5.74, 6) is 1.19. The van der Waals surface area contributed by atoms with Gasteiger partial charge in [-0.25, -0.2) is 0 Å². The fourth-order valence-electron chi connectivity index (χ4n) is 1.81. The first kappa shape index (κ1) is 16.1. The molecular weight excluding hydrogens is 324 g/mol. The maximum Gasteiger partial charge on any atom is 0.270 e. The summed E-state index contributed by atoms with van der Waals surface area (Å²) in [5, 5.41) is 20.3. The highest BCUT2D eigenvalue weighted by Gasteiger charge is 2.11. The molecule has 0 saturated carbocycles. The molecule has 0 aliphatic heterocycles. The van der Waals surface area contributed by atoms with Gasteiger partial charge in [-0.1, -0.05) is 17.7 Å². The Labute approximate surface area is 136 Å². The maximum atomic E-state index is 10.7.